The molecule has 4 heteroatoms. The molecule has 1 aliphatic heterocycles. The quantitative estimate of drug-likeness (QED) is 0.774. The maximum absolute atomic E-state index is 13.3. The van der Waals surface area contributed by atoms with Gasteiger partial charge in [-0.25, -0.2) is 4.39 Å². The minimum Gasteiger partial charge on any atom is -0.486 e. The lowest BCUT2D eigenvalue weighted by Gasteiger charge is -2.19. The number of hydrogen-bond donors (Lipinski definition) is 1. The molecular formula is C10H11FO3. The van der Waals surface area contributed by atoms with Crippen LogP contribution in [0.2, 0.25) is 0 Å². The summed E-state index contributed by atoms with van der Waals surface area (Å²) in [6.07, 6.45) is 0.294. The summed E-state index contributed by atoms with van der Waals surface area (Å²) in [6.45, 7) is 0.861. The zero-order valence-electron chi connectivity index (χ0n) is 7.62. The molecule has 0 atom stereocenters. The molecule has 1 N–H and O–H groups in total. The van der Waals surface area contributed by atoms with Crippen molar-refractivity contribution in [3.63, 3.8) is 0 Å². The van der Waals surface area contributed by atoms with Crippen LogP contribution in [-0.4, -0.2) is 24.9 Å². The Kier molecular flexibility index (Phi) is 2.54. The van der Waals surface area contributed by atoms with E-state index in [4.69, 9.17) is 14.6 Å². The number of benzene rings is 1. The molecule has 1 aromatic rings. The van der Waals surface area contributed by atoms with E-state index in [1.54, 1.807) is 6.07 Å². The number of ether oxygens (including phenoxy) is 2. The first-order valence-corrected chi connectivity index (χ1v) is 4.50. The molecule has 1 aliphatic rings. The molecule has 14 heavy (non-hydrogen) atoms. The van der Waals surface area contributed by atoms with Crippen LogP contribution in [0.4, 0.5) is 4.39 Å². The molecule has 0 saturated carbocycles. The van der Waals surface area contributed by atoms with Crippen LogP contribution in [0.5, 0.6) is 11.5 Å². The van der Waals surface area contributed by atoms with Crippen molar-refractivity contribution in [3.8, 4) is 11.5 Å². The standard InChI is InChI=1S/C10H11FO3/c11-8-6-10-9(13-3-4-14-10)5-7(8)1-2-12/h5-6,12H,1-4H2. The van der Waals surface area contributed by atoms with Crippen LogP contribution in [0.3, 0.4) is 0 Å². The smallest absolute Gasteiger partial charge is 0.164 e. The van der Waals surface area contributed by atoms with Crippen LogP contribution in [0.25, 0.3) is 0 Å². The summed E-state index contributed by atoms with van der Waals surface area (Å²) in [4.78, 5) is 0. The van der Waals surface area contributed by atoms with Crippen molar-refractivity contribution < 1.29 is 19.0 Å². The van der Waals surface area contributed by atoms with Gasteiger partial charge in [-0.2, -0.15) is 0 Å². The second-order valence-corrected chi connectivity index (χ2v) is 3.06. The number of halogens is 1. The molecule has 0 unspecified atom stereocenters. The summed E-state index contributed by atoms with van der Waals surface area (Å²) in [6, 6.07) is 2.89. The first kappa shape index (κ1) is 9.27. The molecular weight excluding hydrogens is 187 g/mol. The van der Waals surface area contributed by atoms with Gasteiger partial charge in [-0.15, -0.1) is 0 Å². The highest BCUT2D eigenvalue weighted by atomic mass is 19.1. The number of fused-ring (bicyclic) bond motifs is 1. The molecule has 0 spiro atoms. The van der Waals surface area contributed by atoms with E-state index in [2.05, 4.69) is 0 Å². The normalized spacial score (nSPS) is 14.1. The lowest BCUT2D eigenvalue weighted by Crippen LogP contribution is -2.16. The third-order valence-electron chi connectivity index (χ3n) is 2.09. The van der Waals surface area contributed by atoms with Crippen LogP contribution < -0.4 is 9.47 Å². The molecule has 3 nitrogen and oxygen atoms in total. The Hall–Kier alpha value is -1.29. The molecule has 0 aromatic heterocycles. The van der Waals surface area contributed by atoms with Gasteiger partial charge in [0.15, 0.2) is 11.5 Å². The third-order valence-corrected chi connectivity index (χ3v) is 2.09. The van der Waals surface area contributed by atoms with Gasteiger partial charge in [0.1, 0.15) is 19.0 Å². The number of hydrogen-bond acceptors (Lipinski definition) is 3. The van der Waals surface area contributed by atoms with E-state index in [1.165, 1.54) is 6.07 Å². The third kappa shape index (κ3) is 1.65. The molecule has 1 heterocycles. The Morgan fingerprint density at radius 1 is 1.21 bits per heavy atom. The fourth-order valence-electron chi connectivity index (χ4n) is 1.42. The van der Waals surface area contributed by atoms with Crippen LogP contribution in [0.15, 0.2) is 12.1 Å². The van der Waals surface area contributed by atoms with Crippen molar-refractivity contribution in [2.45, 2.75) is 6.42 Å². The van der Waals surface area contributed by atoms with E-state index in [0.29, 0.717) is 36.7 Å². The average molecular weight is 198 g/mol. The monoisotopic (exact) mass is 198 g/mol. The van der Waals surface area contributed by atoms with Crippen LogP contribution in [-0.2, 0) is 6.42 Å². The first-order valence-electron chi connectivity index (χ1n) is 4.50. The van der Waals surface area contributed by atoms with E-state index in [-0.39, 0.29) is 12.4 Å². The average Bonchev–Trinajstić information content (AvgIpc) is 2.19. The summed E-state index contributed by atoms with van der Waals surface area (Å²) in [5.74, 6) is 0.639. The molecule has 2 rings (SSSR count). The Balaban J connectivity index is 2.35. The SMILES string of the molecule is OCCc1cc2c(cc1F)OCCO2. The molecule has 0 saturated heterocycles. The summed E-state index contributed by atoms with van der Waals surface area (Å²) in [7, 11) is 0. The van der Waals surface area contributed by atoms with Gasteiger partial charge < -0.3 is 14.6 Å². The van der Waals surface area contributed by atoms with Gasteiger partial charge >= 0.3 is 0 Å². The van der Waals surface area contributed by atoms with E-state index in [1.807, 2.05) is 0 Å². The van der Waals surface area contributed by atoms with E-state index in [0.717, 1.165) is 0 Å². The van der Waals surface area contributed by atoms with Gasteiger partial charge in [0.25, 0.3) is 0 Å². The lowest BCUT2D eigenvalue weighted by atomic mass is 10.1. The first-order chi connectivity index (χ1) is 6.81. The summed E-state index contributed by atoms with van der Waals surface area (Å²) < 4.78 is 23.8. The highest BCUT2D eigenvalue weighted by Crippen LogP contribution is 2.32. The van der Waals surface area contributed by atoms with Crippen LogP contribution >= 0.6 is 0 Å². The van der Waals surface area contributed by atoms with Crippen molar-refractivity contribution >= 4 is 0 Å². The van der Waals surface area contributed by atoms with Crippen molar-refractivity contribution in [3.05, 3.63) is 23.5 Å². The fraction of sp³-hybridized carbons (Fsp3) is 0.400. The maximum atomic E-state index is 13.3. The van der Waals surface area contributed by atoms with Crippen molar-refractivity contribution in [2.75, 3.05) is 19.8 Å². The fourth-order valence-corrected chi connectivity index (χ4v) is 1.42. The predicted molar refractivity (Wildman–Crippen MR) is 48.2 cm³/mol. The lowest BCUT2D eigenvalue weighted by molar-refractivity contribution is 0.170. The molecule has 0 bridgehead atoms. The largest absolute Gasteiger partial charge is 0.486 e. The van der Waals surface area contributed by atoms with Gasteiger partial charge in [-0.05, 0) is 18.1 Å². The van der Waals surface area contributed by atoms with Crippen LogP contribution in [0, 0.1) is 5.82 Å². The second-order valence-electron chi connectivity index (χ2n) is 3.06. The Labute approximate surface area is 81.1 Å². The molecule has 0 fully saturated rings. The number of aliphatic hydroxyl groups is 1. The predicted octanol–water partition coefficient (Wildman–Crippen LogP) is 1.13. The summed E-state index contributed by atoms with van der Waals surface area (Å²) >= 11 is 0. The van der Waals surface area contributed by atoms with E-state index < -0.39 is 0 Å². The number of aliphatic hydroxyl groups excluding tert-OH is 1. The topological polar surface area (TPSA) is 38.7 Å². The molecule has 76 valence electrons. The maximum Gasteiger partial charge on any atom is 0.164 e. The second kappa shape index (κ2) is 3.84. The summed E-state index contributed by atoms with van der Waals surface area (Å²) in [5.41, 5.74) is 0.455. The van der Waals surface area contributed by atoms with Crippen molar-refractivity contribution in [1.29, 1.82) is 0 Å². The Morgan fingerprint density at radius 2 is 1.86 bits per heavy atom. The highest BCUT2D eigenvalue weighted by Gasteiger charge is 2.15. The van der Waals surface area contributed by atoms with Gasteiger partial charge in [-0.1, -0.05) is 0 Å². The van der Waals surface area contributed by atoms with Crippen LogP contribution in [0.1, 0.15) is 5.56 Å². The van der Waals surface area contributed by atoms with E-state index >= 15 is 0 Å². The Bertz CT molecular complexity index is 338. The Morgan fingerprint density at radius 3 is 2.50 bits per heavy atom. The summed E-state index contributed by atoms with van der Waals surface area (Å²) in [5, 5.41) is 8.71. The molecule has 1 aromatic carbocycles. The molecule has 0 radical (unpaired) electrons. The molecule has 0 aliphatic carbocycles. The molecule has 0 amide bonds. The highest BCUT2D eigenvalue weighted by molar-refractivity contribution is 5.44. The minimum absolute atomic E-state index is 0.0729. The van der Waals surface area contributed by atoms with Gasteiger partial charge in [0, 0.05) is 12.7 Å². The van der Waals surface area contributed by atoms with Crippen molar-refractivity contribution in [2.24, 2.45) is 0 Å². The number of rotatable bonds is 2. The van der Waals surface area contributed by atoms with Gasteiger partial charge in [0.2, 0.25) is 0 Å². The zero-order chi connectivity index (χ0) is 9.97. The van der Waals surface area contributed by atoms with Crippen molar-refractivity contribution in [1.82, 2.24) is 0 Å². The van der Waals surface area contributed by atoms with Gasteiger partial charge in [0.05, 0.1) is 0 Å². The zero-order valence-corrected chi connectivity index (χ0v) is 7.62. The minimum atomic E-state index is -0.358. The van der Waals surface area contributed by atoms with E-state index in [9.17, 15) is 4.39 Å². The van der Waals surface area contributed by atoms with Gasteiger partial charge in [-0.3, -0.25) is 0 Å².